The maximum absolute atomic E-state index is 13.2. The Morgan fingerprint density at radius 1 is 1.04 bits per heavy atom. The first-order chi connectivity index (χ1) is 13.0. The molecule has 140 valence electrons. The molecule has 1 heterocycles. The van der Waals surface area contributed by atoms with E-state index in [-0.39, 0.29) is 10.9 Å². The van der Waals surface area contributed by atoms with E-state index < -0.39 is 10.0 Å². The fraction of sp³-hybridized carbons (Fsp3) is 0.250. The highest BCUT2D eigenvalue weighted by molar-refractivity contribution is 9.10. The lowest BCUT2D eigenvalue weighted by atomic mass is 10.2. The summed E-state index contributed by atoms with van der Waals surface area (Å²) in [5, 5.41) is 4.68. The third-order valence-corrected chi connectivity index (χ3v) is 6.69. The molecule has 1 aliphatic rings. The Kier molecular flexibility index (Phi) is 5.06. The van der Waals surface area contributed by atoms with Crippen molar-refractivity contribution in [3.8, 4) is 11.3 Å². The molecule has 0 bridgehead atoms. The van der Waals surface area contributed by atoms with E-state index in [0.29, 0.717) is 11.4 Å². The van der Waals surface area contributed by atoms with Gasteiger partial charge in [-0.2, -0.15) is 5.10 Å². The van der Waals surface area contributed by atoms with Crippen LogP contribution in [-0.2, 0) is 10.0 Å². The van der Waals surface area contributed by atoms with E-state index in [2.05, 4.69) is 25.8 Å². The van der Waals surface area contributed by atoms with Crippen LogP contribution in [0, 0.1) is 0 Å². The largest absolute Gasteiger partial charge is 0.279 e. The Labute approximate surface area is 167 Å². The van der Waals surface area contributed by atoms with Crippen LogP contribution in [0.5, 0.6) is 0 Å². The third kappa shape index (κ3) is 3.94. The zero-order valence-corrected chi connectivity index (χ0v) is 17.1. The zero-order valence-electron chi connectivity index (χ0n) is 14.7. The predicted octanol–water partition coefficient (Wildman–Crippen LogP) is 5.23. The Morgan fingerprint density at radius 2 is 1.78 bits per heavy atom. The molecule has 0 spiro atoms. The standard InChI is InChI=1S/C20H20BrN3O2S/c21-16-9-6-10-17(13-16)23-27(25,26)19-14-24(18-11-4-5-12-18)22-20(19)15-7-2-1-3-8-15/h1-3,6-10,13-14,18,23H,4-5,11-12H2. The molecule has 0 aliphatic heterocycles. The van der Waals surface area contributed by atoms with Gasteiger partial charge in [0, 0.05) is 21.9 Å². The van der Waals surface area contributed by atoms with Crippen molar-refractivity contribution in [1.29, 1.82) is 0 Å². The number of nitrogens with one attached hydrogen (secondary N) is 1. The molecule has 7 heteroatoms. The number of hydrogen-bond acceptors (Lipinski definition) is 3. The highest BCUT2D eigenvalue weighted by Crippen LogP contribution is 2.34. The van der Waals surface area contributed by atoms with Gasteiger partial charge in [-0.25, -0.2) is 8.42 Å². The van der Waals surface area contributed by atoms with E-state index >= 15 is 0 Å². The number of aromatic nitrogens is 2. The minimum absolute atomic E-state index is 0.209. The summed E-state index contributed by atoms with van der Waals surface area (Å²) < 4.78 is 31.6. The van der Waals surface area contributed by atoms with Crippen LogP contribution in [0.3, 0.4) is 0 Å². The quantitative estimate of drug-likeness (QED) is 0.584. The Bertz CT molecular complexity index is 1040. The first kappa shape index (κ1) is 18.3. The molecule has 0 amide bonds. The van der Waals surface area contributed by atoms with Crippen molar-refractivity contribution < 1.29 is 8.42 Å². The van der Waals surface area contributed by atoms with Gasteiger partial charge in [-0.1, -0.05) is 65.2 Å². The first-order valence-electron chi connectivity index (χ1n) is 8.96. The normalized spacial score (nSPS) is 15.1. The molecule has 3 aromatic rings. The number of benzene rings is 2. The Balaban J connectivity index is 1.77. The molecule has 1 aromatic heterocycles. The van der Waals surface area contributed by atoms with Gasteiger partial charge >= 0.3 is 0 Å². The lowest BCUT2D eigenvalue weighted by molar-refractivity contribution is 0.467. The van der Waals surface area contributed by atoms with Crippen molar-refractivity contribution in [1.82, 2.24) is 9.78 Å². The SMILES string of the molecule is O=S(=O)(Nc1cccc(Br)c1)c1cn(C2CCCC2)nc1-c1ccccc1. The van der Waals surface area contributed by atoms with Crippen molar-refractivity contribution in [2.75, 3.05) is 4.72 Å². The minimum atomic E-state index is -3.77. The lowest BCUT2D eigenvalue weighted by Gasteiger charge is -2.09. The second-order valence-electron chi connectivity index (χ2n) is 6.74. The summed E-state index contributed by atoms with van der Waals surface area (Å²) in [7, 11) is -3.77. The van der Waals surface area contributed by atoms with E-state index in [9.17, 15) is 8.42 Å². The molecule has 1 fully saturated rings. The number of anilines is 1. The summed E-state index contributed by atoms with van der Waals surface area (Å²) >= 11 is 3.37. The Morgan fingerprint density at radius 3 is 2.48 bits per heavy atom. The molecule has 1 N–H and O–H groups in total. The number of hydrogen-bond donors (Lipinski definition) is 1. The van der Waals surface area contributed by atoms with Crippen LogP contribution >= 0.6 is 15.9 Å². The van der Waals surface area contributed by atoms with Crippen LogP contribution in [0.15, 0.2) is 70.2 Å². The Hall–Kier alpha value is -2.12. The van der Waals surface area contributed by atoms with Crippen molar-refractivity contribution in [3.05, 3.63) is 65.3 Å². The fourth-order valence-corrected chi connectivity index (χ4v) is 5.09. The van der Waals surface area contributed by atoms with Gasteiger partial charge in [-0.15, -0.1) is 0 Å². The molecule has 5 nitrogen and oxygen atoms in total. The molecule has 0 saturated heterocycles. The van der Waals surface area contributed by atoms with Gasteiger partial charge in [-0.3, -0.25) is 9.40 Å². The first-order valence-corrected chi connectivity index (χ1v) is 11.2. The minimum Gasteiger partial charge on any atom is -0.279 e. The van der Waals surface area contributed by atoms with Crippen molar-refractivity contribution in [2.45, 2.75) is 36.6 Å². The molecular formula is C20H20BrN3O2S. The van der Waals surface area contributed by atoms with E-state index in [1.165, 1.54) is 0 Å². The summed E-state index contributed by atoms with van der Waals surface area (Å²) in [5.74, 6) is 0. The second-order valence-corrected chi connectivity index (χ2v) is 9.31. The average Bonchev–Trinajstić information content (AvgIpc) is 3.32. The van der Waals surface area contributed by atoms with Crippen LogP contribution in [0.1, 0.15) is 31.7 Å². The van der Waals surface area contributed by atoms with Crippen LogP contribution < -0.4 is 4.72 Å². The molecule has 0 atom stereocenters. The maximum Gasteiger partial charge on any atom is 0.265 e. The van der Waals surface area contributed by atoms with Crippen LogP contribution in [0.4, 0.5) is 5.69 Å². The van der Waals surface area contributed by atoms with Gasteiger partial charge in [0.25, 0.3) is 10.0 Å². The van der Waals surface area contributed by atoms with Gasteiger partial charge in [0.2, 0.25) is 0 Å². The van der Waals surface area contributed by atoms with Crippen molar-refractivity contribution >= 4 is 31.6 Å². The molecular weight excluding hydrogens is 426 g/mol. The summed E-state index contributed by atoms with van der Waals surface area (Å²) in [4.78, 5) is 0.209. The van der Waals surface area contributed by atoms with Gasteiger partial charge < -0.3 is 0 Å². The highest BCUT2D eigenvalue weighted by atomic mass is 79.9. The van der Waals surface area contributed by atoms with Gasteiger partial charge in [0.05, 0.1) is 6.04 Å². The fourth-order valence-electron chi connectivity index (χ4n) is 3.49. The van der Waals surface area contributed by atoms with Crippen molar-refractivity contribution in [3.63, 3.8) is 0 Å². The molecule has 1 saturated carbocycles. The highest BCUT2D eigenvalue weighted by Gasteiger charge is 2.27. The topological polar surface area (TPSA) is 64.0 Å². The number of rotatable bonds is 5. The van der Waals surface area contributed by atoms with Gasteiger partial charge in [0.15, 0.2) is 0 Å². The van der Waals surface area contributed by atoms with Crippen LogP contribution in [0.2, 0.25) is 0 Å². The zero-order chi connectivity index (χ0) is 18.9. The molecule has 0 radical (unpaired) electrons. The third-order valence-electron chi connectivity index (χ3n) is 4.81. The summed E-state index contributed by atoms with van der Waals surface area (Å²) in [6, 6.07) is 16.8. The number of sulfonamides is 1. The van der Waals surface area contributed by atoms with Crippen LogP contribution in [-0.4, -0.2) is 18.2 Å². The molecule has 1 aliphatic carbocycles. The van der Waals surface area contributed by atoms with Gasteiger partial charge in [0.1, 0.15) is 10.6 Å². The van der Waals surface area contributed by atoms with Crippen LogP contribution in [0.25, 0.3) is 11.3 Å². The smallest absolute Gasteiger partial charge is 0.265 e. The van der Waals surface area contributed by atoms with E-state index in [1.54, 1.807) is 24.4 Å². The second kappa shape index (κ2) is 7.48. The van der Waals surface area contributed by atoms with E-state index in [1.807, 2.05) is 41.1 Å². The average molecular weight is 446 g/mol. The summed E-state index contributed by atoms with van der Waals surface area (Å²) in [6.45, 7) is 0. The maximum atomic E-state index is 13.2. The van der Waals surface area contributed by atoms with Gasteiger partial charge in [-0.05, 0) is 31.0 Å². The molecule has 4 rings (SSSR count). The number of halogens is 1. The lowest BCUT2D eigenvalue weighted by Crippen LogP contribution is -2.13. The molecule has 27 heavy (non-hydrogen) atoms. The summed E-state index contributed by atoms with van der Waals surface area (Å²) in [5.41, 5.74) is 1.80. The van der Waals surface area contributed by atoms with Crippen molar-refractivity contribution in [2.24, 2.45) is 0 Å². The number of nitrogens with zero attached hydrogens (tertiary/aromatic N) is 2. The molecule has 0 unspecified atom stereocenters. The predicted molar refractivity (Wildman–Crippen MR) is 110 cm³/mol. The summed E-state index contributed by atoms with van der Waals surface area (Å²) in [6.07, 6.45) is 6.06. The molecule has 2 aromatic carbocycles. The van der Waals surface area contributed by atoms with E-state index in [0.717, 1.165) is 35.7 Å². The van der Waals surface area contributed by atoms with E-state index in [4.69, 9.17) is 0 Å². The monoisotopic (exact) mass is 445 g/mol.